The summed E-state index contributed by atoms with van der Waals surface area (Å²) in [6, 6.07) is 4.73. The van der Waals surface area contributed by atoms with Crippen molar-refractivity contribution >= 4 is 5.97 Å². The molecule has 2 aromatic rings. The maximum Gasteiger partial charge on any atom is 0.307 e. The van der Waals surface area contributed by atoms with Crippen molar-refractivity contribution < 1.29 is 44.2 Å². The van der Waals surface area contributed by atoms with Gasteiger partial charge in [-0.3, -0.25) is 4.79 Å². The Morgan fingerprint density at radius 3 is 2.33 bits per heavy atom. The van der Waals surface area contributed by atoms with Crippen LogP contribution < -0.4 is 18.9 Å². The van der Waals surface area contributed by atoms with Crippen LogP contribution in [0, 0.1) is 11.8 Å². The molecule has 1 heterocycles. The summed E-state index contributed by atoms with van der Waals surface area (Å²) in [4.78, 5) is 12.3. The monoisotopic (exact) mass is 418 g/mol. The van der Waals surface area contributed by atoms with Gasteiger partial charge in [-0.2, -0.15) is 0 Å². The lowest BCUT2D eigenvalue weighted by Crippen LogP contribution is -2.37. The van der Waals surface area contributed by atoms with Crippen LogP contribution in [-0.4, -0.2) is 54.0 Å². The van der Waals surface area contributed by atoms with E-state index in [9.17, 15) is 25.2 Å². The Labute approximate surface area is 172 Å². The van der Waals surface area contributed by atoms with Crippen LogP contribution in [0.3, 0.4) is 0 Å². The number of methoxy groups -OCH3 is 2. The molecule has 0 fully saturated rings. The summed E-state index contributed by atoms with van der Waals surface area (Å²) in [6.45, 7) is -0.434. The van der Waals surface area contributed by atoms with E-state index in [2.05, 4.69) is 0 Å². The SMILES string of the molecule is COc1cc(C2c3cc4c(c(O)c3CC(CO)C2C(=O)O)OCO4)cc(OC)c1O. The van der Waals surface area contributed by atoms with Gasteiger partial charge in [-0.05, 0) is 35.7 Å². The molecule has 2 aliphatic rings. The minimum absolute atomic E-state index is 0.0525. The third-order valence-corrected chi connectivity index (χ3v) is 5.83. The van der Waals surface area contributed by atoms with Gasteiger partial charge in [0.25, 0.3) is 0 Å². The lowest BCUT2D eigenvalue weighted by Gasteiger charge is -2.37. The zero-order valence-electron chi connectivity index (χ0n) is 16.4. The van der Waals surface area contributed by atoms with Crippen LogP contribution in [0.15, 0.2) is 18.2 Å². The fourth-order valence-electron chi connectivity index (χ4n) is 4.43. The first-order valence-electron chi connectivity index (χ1n) is 9.34. The van der Waals surface area contributed by atoms with Gasteiger partial charge in [0.1, 0.15) is 0 Å². The lowest BCUT2D eigenvalue weighted by molar-refractivity contribution is -0.145. The van der Waals surface area contributed by atoms with Crippen molar-refractivity contribution in [3.05, 3.63) is 34.9 Å². The number of fused-ring (bicyclic) bond motifs is 2. The second-order valence-corrected chi connectivity index (χ2v) is 7.29. The highest BCUT2D eigenvalue weighted by atomic mass is 16.7. The highest BCUT2D eigenvalue weighted by Gasteiger charge is 2.45. The summed E-state index contributed by atoms with van der Waals surface area (Å²) in [5.74, 6) is -3.08. The van der Waals surface area contributed by atoms with Gasteiger partial charge < -0.3 is 39.4 Å². The molecule has 0 bridgehead atoms. The van der Waals surface area contributed by atoms with Crippen molar-refractivity contribution in [2.45, 2.75) is 12.3 Å². The lowest BCUT2D eigenvalue weighted by atomic mass is 9.66. The van der Waals surface area contributed by atoms with Crippen molar-refractivity contribution in [3.63, 3.8) is 0 Å². The molecular weight excluding hydrogens is 396 g/mol. The van der Waals surface area contributed by atoms with Gasteiger partial charge >= 0.3 is 5.97 Å². The van der Waals surface area contributed by atoms with Crippen LogP contribution >= 0.6 is 0 Å². The molecule has 160 valence electrons. The summed E-state index contributed by atoms with van der Waals surface area (Å²) in [6.07, 6.45) is 0.161. The number of rotatable bonds is 5. The number of phenolic OH excluding ortho intramolecular Hbond substituents is 2. The Morgan fingerprint density at radius 2 is 1.77 bits per heavy atom. The number of benzene rings is 2. The molecule has 30 heavy (non-hydrogen) atoms. The highest BCUT2D eigenvalue weighted by molar-refractivity contribution is 5.76. The number of hydrogen-bond donors (Lipinski definition) is 4. The fourth-order valence-corrected chi connectivity index (χ4v) is 4.43. The van der Waals surface area contributed by atoms with Crippen LogP contribution in [0.25, 0.3) is 0 Å². The first-order valence-corrected chi connectivity index (χ1v) is 9.34. The molecule has 1 aliphatic heterocycles. The average Bonchev–Trinajstić information content (AvgIpc) is 3.21. The zero-order valence-corrected chi connectivity index (χ0v) is 16.4. The Balaban J connectivity index is 1.99. The molecule has 1 aliphatic carbocycles. The van der Waals surface area contributed by atoms with Crippen molar-refractivity contribution in [2.75, 3.05) is 27.6 Å². The van der Waals surface area contributed by atoms with Gasteiger partial charge in [0.05, 0.1) is 20.1 Å². The molecule has 4 N–H and O–H groups in total. The number of aliphatic hydroxyl groups is 1. The molecule has 9 heteroatoms. The molecule has 0 amide bonds. The third-order valence-electron chi connectivity index (χ3n) is 5.83. The summed E-state index contributed by atoms with van der Waals surface area (Å²) in [5, 5.41) is 41.0. The Hall–Kier alpha value is -3.33. The minimum Gasteiger partial charge on any atom is -0.504 e. The Morgan fingerprint density at radius 1 is 1.10 bits per heavy atom. The molecule has 3 unspecified atom stereocenters. The quantitative estimate of drug-likeness (QED) is 0.574. The fraction of sp³-hybridized carbons (Fsp3) is 0.381. The number of aliphatic carboxylic acids is 1. The minimum atomic E-state index is -1.09. The van der Waals surface area contributed by atoms with E-state index in [1.54, 1.807) is 6.07 Å². The number of aliphatic hydroxyl groups excluding tert-OH is 1. The van der Waals surface area contributed by atoms with Crippen LogP contribution in [0.2, 0.25) is 0 Å². The molecule has 0 radical (unpaired) electrons. The standard InChI is InChI=1S/C21H22O9/c1-27-13-4-9(5-14(28-2)19(13)24)16-11-6-15-20(30-8-29-15)18(23)12(11)3-10(7-22)17(16)21(25)26/h4-6,10,16-17,22-24H,3,7-8H2,1-2H3,(H,25,26). The number of carboxylic acid groups (broad SMARTS) is 1. The van der Waals surface area contributed by atoms with Gasteiger partial charge in [-0.15, -0.1) is 0 Å². The van der Waals surface area contributed by atoms with E-state index in [4.69, 9.17) is 18.9 Å². The van der Waals surface area contributed by atoms with E-state index >= 15 is 0 Å². The number of carboxylic acids is 1. The predicted octanol–water partition coefficient (Wildman–Crippen LogP) is 1.84. The highest BCUT2D eigenvalue weighted by Crippen LogP contribution is 2.54. The van der Waals surface area contributed by atoms with Crippen LogP contribution in [0.1, 0.15) is 22.6 Å². The van der Waals surface area contributed by atoms with Crippen molar-refractivity contribution in [1.29, 1.82) is 0 Å². The second kappa shape index (κ2) is 7.49. The molecular formula is C21H22O9. The van der Waals surface area contributed by atoms with Gasteiger partial charge in [-0.1, -0.05) is 0 Å². The van der Waals surface area contributed by atoms with Crippen LogP contribution in [0.4, 0.5) is 0 Å². The van der Waals surface area contributed by atoms with Gasteiger partial charge in [0.2, 0.25) is 18.3 Å². The van der Waals surface area contributed by atoms with E-state index in [0.717, 1.165) is 0 Å². The van der Waals surface area contributed by atoms with Crippen molar-refractivity contribution in [3.8, 4) is 34.5 Å². The average molecular weight is 418 g/mol. The maximum atomic E-state index is 12.3. The van der Waals surface area contributed by atoms with Crippen LogP contribution in [0.5, 0.6) is 34.5 Å². The summed E-state index contributed by atoms with van der Waals surface area (Å²) >= 11 is 0. The van der Waals surface area contributed by atoms with E-state index in [1.165, 1.54) is 26.4 Å². The van der Waals surface area contributed by atoms with E-state index < -0.39 is 23.7 Å². The van der Waals surface area contributed by atoms with E-state index in [-0.39, 0.29) is 48.6 Å². The number of hydrogen-bond acceptors (Lipinski definition) is 8. The Kier molecular flexibility index (Phi) is 4.98. The molecule has 0 aromatic heterocycles. The molecule has 9 nitrogen and oxygen atoms in total. The summed E-state index contributed by atoms with van der Waals surface area (Å²) in [7, 11) is 2.75. The maximum absolute atomic E-state index is 12.3. The van der Waals surface area contributed by atoms with Gasteiger partial charge in [0.15, 0.2) is 23.0 Å². The van der Waals surface area contributed by atoms with Gasteiger partial charge in [0, 0.05) is 24.0 Å². The number of carbonyl (C=O) groups is 1. The number of aromatic hydroxyl groups is 2. The molecule has 4 rings (SSSR count). The number of phenols is 2. The topological polar surface area (TPSA) is 135 Å². The molecule has 2 aromatic carbocycles. The molecule has 3 atom stereocenters. The van der Waals surface area contributed by atoms with Crippen molar-refractivity contribution in [1.82, 2.24) is 0 Å². The largest absolute Gasteiger partial charge is 0.504 e. The van der Waals surface area contributed by atoms with Crippen molar-refractivity contribution in [2.24, 2.45) is 11.8 Å². The number of ether oxygens (including phenoxy) is 4. The normalized spacial score (nSPS) is 21.8. The van der Waals surface area contributed by atoms with Gasteiger partial charge in [-0.25, -0.2) is 0 Å². The first-order chi connectivity index (χ1) is 14.4. The molecule has 0 spiro atoms. The second-order valence-electron chi connectivity index (χ2n) is 7.29. The summed E-state index contributed by atoms with van der Waals surface area (Å²) in [5.41, 5.74) is 1.53. The molecule has 0 saturated heterocycles. The summed E-state index contributed by atoms with van der Waals surface area (Å²) < 4.78 is 21.2. The van der Waals surface area contributed by atoms with E-state index in [0.29, 0.717) is 22.4 Å². The molecule has 0 saturated carbocycles. The third kappa shape index (κ3) is 2.93. The first kappa shape index (κ1) is 20.0. The van der Waals surface area contributed by atoms with Crippen LogP contribution in [-0.2, 0) is 11.2 Å². The predicted molar refractivity (Wildman–Crippen MR) is 103 cm³/mol. The smallest absolute Gasteiger partial charge is 0.307 e. The Bertz CT molecular complexity index is 975. The van der Waals surface area contributed by atoms with E-state index in [1.807, 2.05) is 0 Å². The zero-order chi connectivity index (χ0) is 21.6.